The molecule has 0 saturated heterocycles. The Morgan fingerprint density at radius 1 is 1.28 bits per heavy atom. The van der Waals surface area contributed by atoms with Crippen molar-refractivity contribution >= 4 is 11.6 Å². The number of nitrogens with one attached hydrogen (secondary N) is 1. The van der Waals surface area contributed by atoms with Crippen LogP contribution in [0.25, 0.3) is 0 Å². The smallest absolute Gasteiger partial charge is 0.257 e. The van der Waals surface area contributed by atoms with E-state index in [-0.39, 0.29) is 0 Å². The van der Waals surface area contributed by atoms with Crippen LogP contribution in [0.1, 0.15) is 17.2 Å². The Bertz CT molecular complexity index is 537. The van der Waals surface area contributed by atoms with E-state index in [1.165, 1.54) is 0 Å². The molecule has 2 rings (SSSR count). The molecule has 1 unspecified atom stereocenters. The van der Waals surface area contributed by atoms with Gasteiger partial charge in [-0.15, -0.1) is 0 Å². The van der Waals surface area contributed by atoms with Gasteiger partial charge in [0, 0.05) is 5.69 Å². The van der Waals surface area contributed by atoms with Gasteiger partial charge in [0.05, 0.1) is 0 Å². The maximum Gasteiger partial charge on any atom is 0.257 e. The zero-order chi connectivity index (χ0) is 13.0. The largest absolute Gasteiger partial charge is 0.378 e. The highest BCUT2D eigenvalue weighted by Crippen LogP contribution is 2.16. The molecule has 0 aromatic heterocycles. The number of hydrogen-bond acceptors (Lipinski definition) is 2. The summed E-state index contributed by atoms with van der Waals surface area (Å²) in [5.41, 5.74) is 2.17. The van der Waals surface area contributed by atoms with Crippen molar-refractivity contribution in [3.8, 4) is 0 Å². The summed E-state index contributed by atoms with van der Waals surface area (Å²) in [5.74, 6) is -0.438. The quantitative estimate of drug-likeness (QED) is 0.865. The molecule has 0 heterocycles. The van der Waals surface area contributed by atoms with Crippen LogP contribution in [0, 0.1) is 13.0 Å². The molecule has 3 heteroatoms. The number of anilines is 1. The van der Waals surface area contributed by atoms with Gasteiger partial charge in [-0.1, -0.05) is 36.4 Å². The van der Waals surface area contributed by atoms with E-state index in [1.807, 2.05) is 13.0 Å². The topological polar surface area (TPSA) is 49.3 Å². The molecule has 3 nitrogen and oxygen atoms in total. The van der Waals surface area contributed by atoms with Gasteiger partial charge in [0.25, 0.3) is 5.91 Å². The van der Waals surface area contributed by atoms with Crippen molar-refractivity contribution < 1.29 is 9.90 Å². The van der Waals surface area contributed by atoms with Crippen LogP contribution in [-0.4, -0.2) is 11.0 Å². The van der Waals surface area contributed by atoms with Gasteiger partial charge in [0.15, 0.2) is 6.10 Å². The van der Waals surface area contributed by atoms with Crippen molar-refractivity contribution in [1.82, 2.24) is 0 Å². The molecule has 0 aliphatic heterocycles. The minimum absolute atomic E-state index is 0.438. The van der Waals surface area contributed by atoms with E-state index in [0.29, 0.717) is 11.3 Å². The first kappa shape index (κ1) is 12.3. The van der Waals surface area contributed by atoms with Gasteiger partial charge in [-0.3, -0.25) is 4.79 Å². The molecule has 0 aliphatic rings. The number of carbonyl (C=O) groups is 1. The Balaban J connectivity index is 2.09. The van der Waals surface area contributed by atoms with Crippen LogP contribution in [0.3, 0.4) is 0 Å². The zero-order valence-corrected chi connectivity index (χ0v) is 10.1. The molecule has 2 aromatic carbocycles. The molecular weight excluding hydrogens is 226 g/mol. The number of aliphatic hydroxyl groups is 1. The zero-order valence-electron chi connectivity index (χ0n) is 10.1. The maximum absolute atomic E-state index is 11.9. The number of hydrogen-bond donors (Lipinski definition) is 2. The van der Waals surface area contributed by atoms with E-state index in [1.54, 1.807) is 42.5 Å². The number of aliphatic hydroxyl groups excluding tert-OH is 1. The van der Waals surface area contributed by atoms with Crippen LogP contribution < -0.4 is 5.32 Å². The molecule has 2 aromatic rings. The summed E-state index contributed by atoms with van der Waals surface area (Å²) < 4.78 is 0. The molecular formula is C15H14NO2. The van der Waals surface area contributed by atoms with Crippen LogP contribution in [0.2, 0.25) is 0 Å². The fourth-order valence-electron chi connectivity index (χ4n) is 1.66. The van der Waals surface area contributed by atoms with Crippen LogP contribution >= 0.6 is 0 Å². The lowest BCUT2D eigenvalue weighted by molar-refractivity contribution is -0.124. The monoisotopic (exact) mass is 240 g/mol. The average Bonchev–Trinajstić information content (AvgIpc) is 2.39. The van der Waals surface area contributed by atoms with Gasteiger partial charge in [0.2, 0.25) is 0 Å². The molecule has 1 radical (unpaired) electrons. The van der Waals surface area contributed by atoms with Crippen molar-refractivity contribution in [2.75, 3.05) is 5.32 Å². The highest BCUT2D eigenvalue weighted by Gasteiger charge is 2.16. The minimum Gasteiger partial charge on any atom is -0.378 e. The van der Waals surface area contributed by atoms with E-state index in [0.717, 1.165) is 5.56 Å². The second-order valence-corrected chi connectivity index (χ2v) is 4.06. The average molecular weight is 240 g/mol. The first-order valence-electron chi connectivity index (χ1n) is 5.69. The minimum atomic E-state index is -1.16. The van der Waals surface area contributed by atoms with Crippen molar-refractivity contribution in [2.24, 2.45) is 0 Å². The molecule has 0 spiro atoms. The van der Waals surface area contributed by atoms with E-state index < -0.39 is 12.0 Å². The SMILES string of the molecule is Cc1[c]ccc(NC(=O)C(O)c2ccccc2)c1. The Morgan fingerprint density at radius 3 is 2.67 bits per heavy atom. The first-order valence-corrected chi connectivity index (χ1v) is 5.69. The number of benzene rings is 2. The fourth-order valence-corrected chi connectivity index (χ4v) is 1.66. The standard InChI is InChI=1S/C15H14NO2/c1-11-6-5-9-13(10-11)16-15(18)14(17)12-7-3-2-4-8-12/h2-5,7-10,14,17H,1H3,(H,16,18). The van der Waals surface area contributed by atoms with Gasteiger partial charge >= 0.3 is 0 Å². The molecule has 1 atom stereocenters. The molecule has 91 valence electrons. The van der Waals surface area contributed by atoms with Gasteiger partial charge in [-0.25, -0.2) is 0 Å². The van der Waals surface area contributed by atoms with Gasteiger partial charge in [-0.05, 0) is 36.2 Å². The summed E-state index contributed by atoms with van der Waals surface area (Å²) in [5, 5.41) is 12.6. The van der Waals surface area contributed by atoms with Crippen LogP contribution in [0.15, 0.2) is 48.5 Å². The van der Waals surface area contributed by atoms with E-state index >= 15 is 0 Å². The van der Waals surface area contributed by atoms with Gasteiger partial charge in [0.1, 0.15) is 0 Å². The predicted octanol–water partition coefficient (Wildman–Crippen LogP) is 2.47. The van der Waals surface area contributed by atoms with Crippen molar-refractivity contribution in [3.63, 3.8) is 0 Å². The number of carbonyl (C=O) groups excluding carboxylic acids is 1. The van der Waals surface area contributed by atoms with Gasteiger partial charge in [-0.2, -0.15) is 0 Å². The Hall–Kier alpha value is -2.13. The summed E-state index contributed by atoms with van der Waals surface area (Å²) in [7, 11) is 0. The lowest BCUT2D eigenvalue weighted by Crippen LogP contribution is -2.20. The van der Waals surface area contributed by atoms with Crippen molar-refractivity contribution in [2.45, 2.75) is 13.0 Å². The van der Waals surface area contributed by atoms with Crippen LogP contribution in [0.5, 0.6) is 0 Å². The number of rotatable bonds is 3. The first-order chi connectivity index (χ1) is 8.66. The molecule has 2 N–H and O–H groups in total. The fraction of sp³-hybridized carbons (Fsp3) is 0.133. The van der Waals surface area contributed by atoms with Gasteiger partial charge < -0.3 is 10.4 Å². The van der Waals surface area contributed by atoms with E-state index in [9.17, 15) is 9.90 Å². The summed E-state index contributed by atoms with van der Waals surface area (Å²) in [6.07, 6.45) is -1.16. The third kappa shape index (κ3) is 2.96. The normalized spacial score (nSPS) is 11.9. The molecule has 18 heavy (non-hydrogen) atoms. The third-order valence-corrected chi connectivity index (χ3v) is 2.58. The third-order valence-electron chi connectivity index (χ3n) is 2.58. The van der Waals surface area contributed by atoms with Crippen molar-refractivity contribution in [3.05, 3.63) is 65.7 Å². The van der Waals surface area contributed by atoms with E-state index in [2.05, 4.69) is 11.4 Å². The van der Waals surface area contributed by atoms with Crippen LogP contribution in [0.4, 0.5) is 5.69 Å². The van der Waals surface area contributed by atoms with Crippen molar-refractivity contribution in [1.29, 1.82) is 0 Å². The maximum atomic E-state index is 11.9. The molecule has 0 saturated carbocycles. The Kier molecular flexibility index (Phi) is 3.75. The summed E-state index contributed by atoms with van der Waals surface area (Å²) in [4.78, 5) is 11.9. The summed E-state index contributed by atoms with van der Waals surface area (Å²) in [6, 6.07) is 17.1. The number of amides is 1. The molecule has 0 bridgehead atoms. The number of aryl methyl sites for hydroxylation is 1. The summed E-state index contributed by atoms with van der Waals surface area (Å²) >= 11 is 0. The summed E-state index contributed by atoms with van der Waals surface area (Å²) in [6.45, 7) is 1.89. The highest BCUT2D eigenvalue weighted by atomic mass is 16.3. The van der Waals surface area contributed by atoms with E-state index in [4.69, 9.17) is 0 Å². The highest BCUT2D eigenvalue weighted by molar-refractivity contribution is 5.94. The molecule has 0 aliphatic carbocycles. The Labute approximate surface area is 106 Å². The molecule has 0 fully saturated rings. The Morgan fingerprint density at radius 2 is 2.00 bits per heavy atom. The molecule has 1 amide bonds. The van der Waals surface area contributed by atoms with Crippen LogP contribution in [-0.2, 0) is 4.79 Å². The lowest BCUT2D eigenvalue weighted by atomic mass is 10.1. The predicted molar refractivity (Wildman–Crippen MR) is 70.0 cm³/mol. The lowest BCUT2D eigenvalue weighted by Gasteiger charge is -2.11. The second-order valence-electron chi connectivity index (χ2n) is 4.06. The second kappa shape index (κ2) is 5.47.